The summed E-state index contributed by atoms with van der Waals surface area (Å²) in [5.41, 5.74) is 1.23. The highest BCUT2D eigenvalue weighted by Gasteiger charge is 2.32. The lowest BCUT2D eigenvalue weighted by Crippen LogP contribution is -2.39. The van der Waals surface area contributed by atoms with Gasteiger partial charge in [-0.25, -0.2) is 4.79 Å². The Labute approximate surface area is 197 Å². The predicted octanol–water partition coefficient (Wildman–Crippen LogP) is 4.56. The molecular formula is C25H29N5O2S. The average Bonchev–Trinajstić information content (AvgIpc) is 3.45. The van der Waals surface area contributed by atoms with Gasteiger partial charge in [0.05, 0.1) is 5.25 Å². The monoisotopic (exact) mass is 463 g/mol. The van der Waals surface area contributed by atoms with Gasteiger partial charge in [0, 0.05) is 25.6 Å². The number of rotatable bonds is 6. The molecule has 5 rings (SSSR count). The normalized spacial score (nSPS) is 18.0. The van der Waals surface area contributed by atoms with Gasteiger partial charge in [-0.05, 0) is 36.1 Å². The Morgan fingerprint density at radius 1 is 1.12 bits per heavy atom. The maximum absolute atomic E-state index is 12.9. The first-order chi connectivity index (χ1) is 16.1. The second kappa shape index (κ2) is 9.55. The van der Waals surface area contributed by atoms with Crippen molar-refractivity contribution in [3.8, 4) is 0 Å². The van der Waals surface area contributed by atoms with Gasteiger partial charge in [-0.2, -0.15) is 0 Å². The third kappa shape index (κ3) is 4.49. The molecule has 1 aliphatic heterocycles. The van der Waals surface area contributed by atoms with Gasteiger partial charge in [0.15, 0.2) is 5.16 Å². The molecule has 0 bridgehead atoms. The highest BCUT2D eigenvalue weighted by Crippen LogP contribution is 2.35. The number of thioether (sulfide) groups is 1. The number of fused-ring (bicyclic) bond motifs is 1. The number of imide groups is 1. The van der Waals surface area contributed by atoms with E-state index in [1.54, 1.807) is 0 Å². The summed E-state index contributed by atoms with van der Waals surface area (Å²) in [7, 11) is 0. The van der Waals surface area contributed by atoms with E-state index in [1.807, 2.05) is 6.92 Å². The Bertz CT molecular complexity index is 1170. The molecule has 172 valence electrons. The fourth-order valence-electron chi connectivity index (χ4n) is 4.94. The summed E-state index contributed by atoms with van der Waals surface area (Å²) in [5.74, 6) is 0.767. The van der Waals surface area contributed by atoms with Crippen molar-refractivity contribution in [1.82, 2.24) is 25.0 Å². The van der Waals surface area contributed by atoms with Crippen molar-refractivity contribution in [2.24, 2.45) is 0 Å². The number of carbonyl (C=O) groups excluding carboxylic acids is 2. The summed E-state index contributed by atoms with van der Waals surface area (Å²) >= 11 is 1.41. The fourth-order valence-corrected chi connectivity index (χ4v) is 5.94. The van der Waals surface area contributed by atoms with Crippen LogP contribution in [0.25, 0.3) is 10.8 Å². The van der Waals surface area contributed by atoms with Crippen molar-refractivity contribution in [3.63, 3.8) is 0 Å². The standard InChI is InChI=1S/C25H29N5O2S/c1-17(23(31)29-15-14-26-24(29)32)33-25-28-27-22(30(25)20-11-3-2-4-12-20)16-19-10-7-9-18-8-5-6-13-21(18)19/h5-10,13,17,20H,2-4,11-12,14-16H2,1H3,(H,26,32)/t17-/m0/s1. The Kier molecular flexibility index (Phi) is 6.35. The topological polar surface area (TPSA) is 80.1 Å². The van der Waals surface area contributed by atoms with E-state index in [0.29, 0.717) is 25.6 Å². The zero-order valence-electron chi connectivity index (χ0n) is 18.9. The first-order valence-corrected chi connectivity index (χ1v) is 12.7. The van der Waals surface area contributed by atoms with Crippen molar-refractivity contribution in [3.05, 3.63) is 53.9 Å². The van der Waals surface area contributed by atoms with Gasteiger partial charge in [-0.1, -0.05) is 73.5 Å². The zero-order chi connectivity index (χ0) is 22.8. The second-order valence-electron chi connectivity index (χ2n) is 8.86. The van der Waals surface area contributed by atoms with Crippen LogP contribution in [0.1, 0.15) is 56.5 Å². The molecule has 2 heterocycles. The fraction of sp³-hybridized carbons (Fsp3) is 0.440. The molecule has 3 amide bonds. The SMILES string of the molecule is C[C@H](Sc1nnc(Cc2cccc3ccccc23)n1C1CCCCC1)C(=O)N1CCNC1=O. The van der Waals surface area contributed by atoms with E-state index in [2.05, 4.69) is 62.5 Å². The molecule has 1 N–H and O–H groups in total. The highest BCUT2D eigenvalue weighted by molar-refractivity contribution is 8.00. The number of benzene rings is 2. The van der Waals surface area contributed by atoms with Crippen LogP contribution in [-0.4, -0.2) is 49.9 Å². The molecule has 1 aromatic heterocycles. The summed E-state index contributed by atoms with van der Waals surface area (Å²) in [5, 5.41) is 14.7. The molecule has 0 spiro atoms. The first-order valence-electron chi connectivity index (χ1n) is 11.8. The molecule has 1 saturated heterocycles. The van der Waals surface area contributed by atoms with Crippen molar-refractivity contribution in [2.45, 2.75) is 61.9 Å². The van der Waals surface area contributed by atoms with Crippen LogP contribution in [0.15, 0.2) is 47.6 Å². The Morgan fingerprint density at radius 2 is 1.91 bits per heavy atom. The molecular weight excluding hydrogens is 434 g/mol. The smallest absolute Gasteiger partial charge is 0.324 e. The van der Waals surface area contributed by atoms with Gasteiger partial charge in [0.1, 0.15) is 5.82 Å². The summed E-state index contributed by atoms with van der Waals surface area (Å²) in [6.45, 7) is 2.78. The van der Waals surface area contributed by atoms with Gasteiger partial charge >= 0.3 is 6.03 Å². The average molecular weight is 464 g/mol. The van der Waals surface area contributed by atoms with Gasteiger partial charge in [-0.15, -0.1) is 10.2 Å². The lowest BCUT2D eigenvalue weighted by atomic mass is 9.95. The largest absolute Gasteiger partial charge is 0.336 e. The number of nitrogens with zero attached hydrogens (tertiary/aromatic N) is 4. The maximum Gasteiger partial charge on any atom is 0.324 e. The van der Waals surface area contributed by atoms with E-state index >= 15 is 0 Å². The molecule has 0 radical (unpaired) electrons. The number of nitrogens with one attached hydrogen (secondary N) is 1. The van der Waals surface area contributed by atoms with E-state index in [0.717, 1.165) is 23.8 Å². The zero-order valence-corrected chi connectivity index (χ0v) is 19.7. The highest BCUT2D eigenvalue weighted by atomic mass is 32.2. The van der Waals surface area contributed by atoms with E-state index in [1.165, 1.54) is 52.3 Å². The van der Waals surface area contributed by atoms with Gasteiger partial charge in [0.2, 0.25) is 5.91 Å². The van der Waals surface area contributed by atoms with Crippen LogP contribution < -0.4 is 5.32 Å². The summed E-state index contributed by atoms with van der Waals surface area (Å²) < 4.78 is 2.28. The molecule has 7 nitrogen and oxygen atoms in total. The Balaban J connectivity index is 1.45. The summed E-state index contributed by atoms with van der Waals surface area (Å²) in [4.78, 5) is 26.1. The number of aromatic nitrogens is 3. The quantitative estimate of drug-likeness (QED) is 0.542. The minimum atomic E-state index is -0.411. The van der Waals surface area contributed by atoms with Gasteiger partial charge < -0.3 is 9.88 Å². The molecule has 2 fully saturated rings. The second-order valence-corrected chi connectivity index (χ2v) is 10.2. The molecule has 0 unspecified atom stereocenters. The number of carbonyl (C=O) groups is 2. The van der Waals surface area contributed by atoms with E-state index in [9.17, 15) is 9.59 Å². The molecule has 1 saturated carbocycles. The minimum absolute atomic E-state index is 0.177. The third-order valence-electron chi connectivity index (χ3n) is 6.66. The first kappa shape index (κ1) is 21.9. The van der Waals surface area contributed by atoms with Crippen molar-refractivity contribution in [1.29, 1.82) is 0 Å². The predicted molar refractivity (Wildman–Crippen MR) is 129 cm³/mol. The molecule has 2 aromatic carbocycles. The van der Waals surface area contributed by atoms with Crippen molar-refractivity contribution in [2.75, 3.05) is 13.1 Å². The van der Waals surface area contributed by atoms with Crippen LogP contribution in [-0.2, 0) is 11.2 Å². The molecule has 1 aliphatic carbocycles. The number of hydrogen-bond donors (Lipinski definition) is 1. The van der Waals surface area contributed by atoms with Crippen LogP contribution in [0.5, 0.6) is 0 Å². The van der Waals surface area contributed by atoms with Crippen molar-refractivity contribution >= 4 is 34.5 Å². The molecule has 2 aliphatic rings. The lowest BCUT2D eigenvalue weighted by Gasteiger charge is -2.26. The Morgan fingerprint density at radius 3 is 2.70 bits per heavy atom. The van der Waals surface area contributed by atoms with E-state index < -0.39 is 5.25 Å². The summed E-state index contributed by atoms with van der Waals surface area (Å²) in [6, 6.07) is 14.8. The molecule has 8 heteroatoms. The Hall–Kier alpha value is -2.87. The van der Waals surface area contributed by atoms with E-state index in [4.69, 9.17) is 0 Å². The van der Waals surface area contributed by atoms with Crippen LogP contribution in [0.2, 0.25) is 0 Å². The number of hydrogen-bond acceptors (Lipinski definition) is 5. The third-order valence-corrected chi connectivity index (χ3v) is 7.70. The van der Waals surface area contributed by atoms with Crippen LogP contribution >= 0.6 is 11.8 Å². The maximum atomic E-state index is 12.9. The lowest BCUT2D eigenvalue weighted by molar-refractivity contribution is -0.126. The minimum Gasteiger partial charge on any atom is -0.336 e. The summed E-state index contributed by atoms with van der Waals surface area (Å²) in [6.07, 6.45) is 6.56. The van der Waals surface area contributed by atoms with Gasteiger partial charge in [-0.3, -0.25) is 9.69 Å². The number of urea groups is 1. The van der Waals surface area contributed by atoms with E-state index in [-0.39, 0.29) is 11.9 Å². The molecule has 1 atom stereocenters. The van der Waals surface area contributed by atoms with Crippen LogP contribution in [0.4, 0.5) is 4.79 Å². The molecule has 33 heavy (non-hydrogen) atoms. The van der Waals surface area contributed by atoms with Crippen LogP contribution in [0, 0.1) is 0 Å². The number of amides is 3. The van der Waals surface area contributed by atoms with Gasteiger partial charge in [0.25, 0.3) is 0 Å². The van der Waals surface area contributed by atoms with Crippen molar-refractivity contribution < 1.29 is 9.59 Å². The molecule has 3 aromatic rings. The van der Waals surface area contributed by atoms with Crippen LogP contribution in [0.3, 0.4) is 0 Å².